The summed E-state index contributed by atoms with van der Waals surface area (Å²) in [6, 6.07) is 10.1. The van der Waals surface area contributed by atoms with Gasteiger partial charge in [-0.2, -0.15) is 10.4 Å². The van der Waals surface area contributed by atoms with Crippen LogP contribution in [0.25, 0.3) is 11.1 Å². The Morgan fingerprint density at radius 1 is 1.24 bits per heavy atom. The number of oxazole rings is 1. The first kappa shape index (κ1) is 15.6. The van der Waals surface area contributed by atoms with E-state index in [4.69, 9.17) is 4.42 Å². The van der Waals surface area contributed by atoms with E-state index in [2.05, 4.69) is 26.2 Å². The predicted octanol–water partition coefficient (Wildman–Crippen LogP) is 3.49. The van der Waals surface area contributed by atoms with Gasteiger partial charge in [0.05, 0.1) is 11.6 Å². The van der Waals surface area contributed by atoms with Crippen LogP contribution < -0.4 is 4.90 Å². The van der Waals surface area contributed by atoms with Crippen LogP contribution in [0, 0.1) is 25.2 Å². The van der Waals surface area contributed by atoms with Crippen molar-refractivity contribution in [3.8, 4) is 6.07 Å². The number of aryl methyl sites for hydroxylation is 1. The minimum atomic E-state index is 0.191. The number of para-hydroxylation sites is 2. The second-order valence-corrected chi connectivity index (χ2v) is 6.53. The number of benzene rings is 1. The van der Waals surface area contributed by atoms with Crippen molar-refractivity contribution in [3.05, 3.63) is 47.0 Å². The first-order valence-corrected chi connectivity index (χ1v) is 8.51. The Bertz CT molecular complexity index is 939. The SMILES string of the molecule is Cc1nnc(N2CCC[C@@H](c3nc4ccccc4o3)C2)c(C#N)c1C. The molecule has 0 N–H and O–H groups in total. The molecule has 126 valence electrons. The fourth-order valence-corrected chi connectivity index (χ4v) is 3.39. The van der Waals surface area contributed by atoms with E-state index >= 15 is 0 Å². The lowest BCUT2D eigenvalue weighted by atomic mass is 9.97. The molecular weight excluding hydrogens is 314 g/mol. The summed E-state index contributed by atoms with van der Waals surface area (Å²) in [6.07, 6.45) is 2.02. The van der Waals surface area contributed by atoms with Crippen molar-refractivity contribution in [1.82, 2.24) is 15.2 Å². The molecule has 2 aromatic heterocycles. The maximum Gasteiger partial charge on any atom is 0.200 e. The summed E-state index contributed by atoms with van der Waals surface area (Å²) in [5.74, 6) is 1.63. The molecule has 25 heavy (non-hydrogen) atoms. The average Bonchev–Trinajstić information content (AvgIpc) is 3.08. The van der Waals surface area contributed by atoms with Gasteiger partial charge in [0.2, 0.25) is 0 Å². The molecule has 0 spiro atoms. The lowest BCUT2D eigenvalue weighted by Crippen LogP contribution is -2.36. The van der Waals surface area contributed by atoms with Gasteiger partial charge in [0.15, 0.2) is 17.3 Å². The molecule has 1 aliphatic rings. The molecule has 0 saturated carbocycles. The molecule has 1 aromatic carbocycles. The number of fused-ring (bicyclic) bond motifs is 1. The van der Waals surface area contributed by atoms with E-state index in [0.717, 1.165) is 54.2 Å². The molecule has 0 unspecified atom stereocenters. The van der Waals surface area contributed by atoms with Crippen molar-refractivity contribution >= 4 is 16.9 Å². The highest BCUT2D eigenvalue weighted by Crippen LogP contribution is 2.32. The first-order valence-electron chi connectivity index (χ1n) is 8.51. The molecule has 0 radical (unpaired) electrons. The van der Waals surface area contributed by atoms with Crippen molar-refractivity contribution in [2.45, 2.75) is 32.6 Å². The number of hydrogen-bond acceptors (Lipinski definition) is 6. The predicted molar refractivity (Wildman–Crippen MR) is 94.4 cm³/mol. The van der Waals surface area contributed by atoms with Gasteiger partial charge in [0.25, 0.3) is 0 Å². The molecule has 3 aromatic rings. The van der Waals surface area contributed by atoms with Gasteiger partial charge in [-0.25, -0.2) is 4.98 Å². The Balaban J connectivity index is 1.65. The van der Waals surface area contributed by atoms with Crippen LogP contribution in [0.15, 0.2) is 28.7 Å². The van der Waals surface area contributed by atoms with Crippen LogP contribution in [-0.4, -0.2) is 28.3 Å². The highest BCUT2D eigenvalue weighted by Gasteiger charge is 2.28. The fraction of sp³-hybridized carbons (Fsp3) is 0.368. The standard InChI is InChI=1S/C19H19N5O/c1-12-13(2)22-23-18(15(12)10-20)24-9-5-6-14(11-24)19-21-16-7-3-4-8-17(16)25-19/h3-4,7-8,14H,5-6,9,11H2,1-2H3/t14-/m1/s1. The molecule has 1 fully saturated rings. The van der Waals surface area contributed by atoms with Crippen LogP contribution in [0.3, 0.4) is 0 Å². The minimum absolute atomic E-state index is 0.191. The molecule has 1 saturated heterocycles. The molecule has 6 heteroatoms. The minimum Gasteiger partial charge on any atom is -0.440 e. The summed E-state index contributed by atoms with van der Waals surface area (Å²) in [5, 5.41) is 18.1. The van der Waals surface area contributed by atoms with E-state index in [0.29, 0.717) is 11.4 Å². The van der Waals surface area contributed by atoms with Gasteiger partial charge in [-0.3, -0.25) is 0 Å². The number of anilines is 1. The lowest BCUT2D eigenvalue weighted by Gasteiger charge is -2.32. The van der Waals surface area contributed by atoms with E-state index in [-0.39, 0.29) is 5.92 Å². The molecule has 6 nitrogen and oxygen atoms in total. The van der Waals surface area contributed by atoms with Crippen LogP contribution in [-0.2, 0) is 0 Å². The second-order valence-electron chi connectivity index (χ2n) is 6.53. The normalized spacial score (nSPS) is 17.6. The quantitative estimate of drug-likeness (QED) is 0.714. The number of aromatic nitrogens is 3. The molecule has 0 aliphatic carbocycles. The Morgan fingerprint density at radius 2 is 2.08 bits per heavy atom. The fourth-order valence-electron chi connectivity index (χ4n) is 3.39. The largest absolute Gasteiger partial charge is 0.440 e. The number of rotatable bonds is 2. The van der Waals surface area contributed by atoms with Crippen molar-refractivity contribution in [2.75, 3.05) is 18.0 Å². The van der Waals surface area contributed by atoms with Crippen molar-refractivity contribution in [1.29, 1.82) is 5.26 Å². The van der Waals surface area contributed by atoms with Gasteiger partial charge < -0.3 is 9.32 Å². The van der Waals surface area contributed by atoms with Crippen LogP contribution in [0.4, 0.5) is 5.82 Å². The Kier molecular flexibility index (Phi) is 3.85. The zero-order valence-corrected chi connectivity index (χ0v) is 14.4. The van der Waals surface area contributed by atoms with Crippen molar-refractivity contribution in [3.63, 3.8) is 0 Å². The Morgan fingerprint density at radius 3 is 2.88 bits per heavy atom. The van der Waals surface area contributed by atoms with Gasteiger partial charge in [-0.1, -0.05) is 12.1 Å². The first-order chi connectivity index (χ1) is 12.2. The van der Waals surface area contributed by atoms with Gasteiger partial charge in [-0.15, -0.1) is 5.10 Å². The summed E-state index contributed by atoms with van der Waals surface area (Å²) in [5.41, 5.74) is 4.02. The number of nitrogens with zero attached hydrogens (tertiary/aromatic N) is 5. The highest BCUT2D eigenvalue weighted by molar-refractivity contribution is 5.72. The smallest absolute Gasteiger partial charge is 0.200 e. The molecular formula is C19H19N5O. The van der Waals surface area contributed by atoms with Crippen molar-refractivity contribution in [2.24, 2.45) is 0 Å². The zero-order valence-electron chi connectivity index (χ0n) is 14.4. The molecule has 1 atom stereocenters. The van der Waals surface area contributed by atoms with Crippen LogP contribution >= 0.6 is 0 Å². The van der Waals surface area contributed by atoms with Crippen LogP contribution in [0.1, 0.15) is 41.5 Å². The summed E-state index contributed by atoms with van der Waals surface area (Å²) < 4.78 is 5.95. The Hall–Kier alpha value is -2.94. The van der Waals surface area contributed by atoms with Gasteiger partial charge in [0, 0.05) is 13.1 Å². The topological polar surface area (TPSA) is 78.8 Å². The van der Waals surface area contributed by atoms with E-state index < -0.39 is 0 Å². The van der Waals surface area contributed by atoms with E-state index in [1.54, 1.807) is 0 Å². The Labute approximate surface area is 146 Å². The molecule has 0 bridgehead atoms. The molecule has 1 aliphatic heterocycles. The maximum atomic E-state index is 9.56. The maximum absolute atomic E-state index is 9.56. The molecule has 4 rings (SSSR count). The van der Waals surface area contributed by atoms with Gasteiger partial charge in [0.1, 0.15) is 17.1 Å². The molecule has 0 amide bonds. The van der Waals surface area contributed by atoms with Crippen LogP contribution in [0.5, 0.6) is 0 Å². The number of hydrogen-bond donors (Lipinski definition) is 0. The lowest BCUT2D eigenvalue weighted by molar-refractivity contribution is 0.411. The van der Waals surface area contributed by atoms with Gasteiger partial charge in [-0.05, 0) is 44.4 Å². The summed E-state index contributed by atoms with van der Waals surface area (Å²) in [4.78, 5) is 6.78. The monoisotopic (exact) mass is 333 g/mol. The average molecular weight is 333 g/mol. The van der Waals surface area contributed by atoms with Crippen molar-refractivity contribution < 1.29 is 4.42 Å². The summed E-state index contributed by atoms with van der Waals surface area (Å²) in [7, 11) is 0. The summed E-state index contributed by atoms with van der Waals surface area (Å²) in [6.45, 7) is 5.40. The van der Waals surface area contributed by atoms with Crippen LogP contribution in [0.2, 0.25) is 0 Å². The third-order valence-electron chi connectivity index (χ3n) is 4.93. The molecule has 3 heterocycles. The third-order valence-corrected chi connectivity index (χ3v) is 4.93. The second kappa shape index (κ2) is 6.17. The van der Waals surface area contributed by atoms with Gasteiger partial charge >= 0.3 is 0 Å². The highest BCUT2D eigenvalue weighted by atomic mass is 16.3. The third kappa shape index (κ3) is 2.72. The van der Waals surface area contributed by atoms with E-state index in [9.17, 15) is 5.26 Å². The number of piperidine rings is 1. The summed E-state index contributed by atoms with van der Waals surface area (Å²) >= 11 is 0. The zero-order chi connectivity index (χ0) is 17.4. The van der Waals surface area contributed by atoms with E-state index in [1.165, 1.54) is 0 Å². The van der Waals surface area contributed by atoms with E-state index in [1.807, 2.05) is 38.1 Å². The number of nitriles is 1.